The Labute approximate surface area is 191 Å². The number of rotatable bonds is 5. The number of pyridine rings is 1. The van der Waals surface area contributed by atoms with Gasteiger partial charge in [0.15, 0.2) is 0 Å². The smallest absolute Gasteiger partial charge is 0.410 e. The van der Waals surface area contributed by atoms with Crippen LogP contribution in [0.25, 0.3) is 21.8 Å². The molecule has 5 rings (SSSR count). The van der Waals surface area contributed by atoms with E-state index in [1.807, 2.05) is 54.6 Å². The summed E-state index contributed by atoms with van der Waals surface area (Å²) in [6.07, 6.45) is 3.07. The number of aromatic amines is 1. The van der Waals surface area contributed by atoms with E-state index in [1.165, 1.54) is 0 Å². The molecule has 1 amide bonds. The Kier molecular flexibility index (Phi) is 5.93. The number of para-hydroxylation sites is 1. The second-order valence-electron chi connectivity index (χ2n) is 8.38. The van der Waals surface area contributed by atoms with Gasteiger partial charge in [0.25, 0.3) is 0 Å². The standard InChI is InChI=1S/C26H25N3O4/c30-25(23-13-21-20-10-4-5-11-22(20)28-24(21)14-27-23)32-17-19-9-6-12-29(15-19)26(31)33-16-18-7-2-1-3-8-18/h1-5,7-8,10-11,13-14,19,28H,6,9,12,15-17H2. The first-order chi connectivity index (χ1) is 16.2. The fraction of sp³-hybridized carbons (Fsp3) is 0.269. The molecule has 0 saturated carbocycles. The number of nitrogens with zero attached hydrogens (tertiary/aromatic N) is 2. The molecule has 4 aromatic rings. The topological polar surface area (TPSA) is 84.5 Å². The molecule has 7 heteroatoms. The number of esters is 1. The van der Waals surface area contributed by atoms with Crippen molar-refractivity contribution in [2.75, 3.05) is 19.7 Å². The minimum absolute atomic E-state index is 0.0730. The second kappa shape index (κ2) is 9.32. The molecule has 7 nitrogen and oxygen atoms in total. The lowest BCUT2D eigenvalue weighted by atomic mass is 9.99. The largest absolute Gasteiger partial charge is 0.461 e. The summed E-state index contributed by atoms with van der Waals surface area (Å²) in [7, 11) is 0. The molecule has 3 heterocycles. The van der Waals surface area contributed by atoms with E-state index in [0.29, 0.717) is 13.1 Å². The molecule has 1 unspecified atom stereocenters. The highest BCUT2D eigenvalue weighted by Crippen LogP contribution is 2.25. The van der Waals surface area contributed by atoms with Gasteiger partial charge in [0, 0.05) is 35.3 Å². The molecule has 1 saturated heterocycles. The Morgan fingerprint density at radius 1 is 1.00 bits per heavy atom. The van der Waals surface area contributed by atoms with Gasteiger partial charge in [-0.15, -0.1) is 0 Å². The van der Waals surface area contributed by atoms with Crippen molar-refractivity contribution in [3.8, 4) is 0 Å². The number of H-pyrrole nitrogens is 1. The Balaban J connectivity index is 1.17. The van der Waals surface area contributed by atoms with Crippen LogP contribution in [0.4, 0.5) is 4.79 Å². The number of benzene rings is 2. The average molecular weight is 444 g/mol. The zero-order chi connectivity index (χ0) is 22.6. The van der Waals surface area contributed by atoms with E-state index in [1.54, 1.807) is 17.2 Å². The molecule has 1 aliphatic heterocycles. The zero-order valence-corrected chi connectivity index (χ0v) is 18.2. The number of aromatic nitrogens is 2. The molecule has 168 valence electrons. The van der Waals surface area contributed by atoms with Crippen LogP contribution < -0.4 is 0 Å². The first-order valence-electron chi connectivity index (χ1n) is 11.2. The molecule has 0 bridgehead atoms. The number of carbonyl (C=O) groups is 2. The highest BCUT2D eigenvalue weighted by molar-refractivity contribution is 6.08. The van der Waals surface area contributed by atoms with Gasteiger partial charge in [-0.2, -0.15) is 0 Å². The van der Waals surface area contributed by atoms with Crippen molar-refractivity contribution >= 4 is 33.9 Å². The summed E-state index contributed by atoms with van der Waals surface area (Å²) in [6.45, 7) is 1.65. The third-order valence-electron chi connectivity index (χ3n) is 6.03. The van der Waals surface area contributed by atoms with Crippen molar-refractivity contribution in [3.05, 3.63) is 78.1 Å². The number of likely N-dealkylation sites (tertiary alicyclic amines) is 1. The quantitative estimate of drug-likeness (QED) is 0.443. The number of nitrogens with one attached hydrogen (secondary N) is 1. The Bertz CT molecular complexity index is 1280. The van der Waals surface area contributed by atoms with Crippen LogP contribution in [-0.4, -0.2) is 46.6 Å². The third-order valence-corrected chi connectivity index (χ3v) is 6.03. The fourth-order valence-electron chi connectivity index (χ4n) is 4.31. The van der Waals surface area contributed by atoms with Crippen LogP contribution in [0.5, 0.6) is 0 Å². The van der Waals surface area contributed by atoms with E-state index in [4.69, 9.17) is 9.47 Å². The molecule has 1 aliphatic rings. The maximum atomic E-state index is 12.7. The minimum atomic E-state index is -0.453. The molecule has 1 N–H and O–H groups in total. The number of ether oxygens (including phenoxy) is 2. The first-order valence-corrected chi connectivity index (χ1v) is 11.2. The van der Waals surface area contributed by atoms with Gasteiger partial charge in [-0.3, -0.25) is 0 Å². The van der Waals surface area contributed by atoms with Crippen LogP contribution in [0, 0.1) is 5.92 Å². The predicted octanol–water partition coefficient (Wildman–Crippen LogP) is 4.92. The highest BCUT2D eigenvalue weighted by atomic mass is 16.6. The van der Waals surface area contributed by atoms with Crippen molar-refractivity contribution in [1.82, 2.24) is 14.9 Å². The molecule has 1 fully saturated rings. The highest BCUT2D eigenvalue weighted by Gasteiger charge is 2.26. The van der Waals surface area contributed by atoms with Crippen LogP contribution in [0.2, 0.25) is 0 Å². The third kappa shape index (κ3) is 4.67. The van der Waals surface area contributed by atoms with Crippen LogP contribution in [0.1, 0.15) is 28.9 Å². The monoisotopic (exact) mass is 443 g/mol. The summed E-state index contributed by atoms with van der Waals surface area (Å²) in [5, 5.41) is 1.98. The zero-order valence-electron chi connectivity index (χ0n) is 18.2. The average Bonchev–Trinajstić information content (AvgIpc) is 3.24. The van der Waals surface area contributed by atoms with Crippen molar-refractivity contribution in [2.45, 2.75) is 19.4 Å². The molecule has 0 radical (unpaired) electrons. The lowest BCUT2D eigenvalue weighted by molar-refractivity contribution is 0.0323. The summed E-state index contributed by atoms with van der Waals surface area (Å²) in [6, 6.07) is 19.3. The molecule has 2 aromatic heterocycles. The first kappa shape index (κ1) is 21.0. The maximum Gasteiger partial charge on any atom is 0.410 e. The van der Waals surface area contributed by atoms with Crippen molar-refractivity contribution in [2.24, 2.45) is 5.92 Å². The Hall–Kier alpha value is -3.87. The van der Waals surface area contributed by atoms with Crippen LogP contribution >= 0.6 is 0 Å². The van der Waals surface area contributed by atoms with Gasteiger partial charge >= 0.3 is 12.1 Å². The van der Waals surface area contributed by atoms with E-state index in [2.05, 4.69) is 9.97 Å². The summed E-state index contributed by atoms with van der Waals surface area (Å²) in [4.78, 5) is 34.4. The van der Waals surface area contributed by atoms with Crippen LogP contribution in [0.3, 0.4) is 0 Å². The van der Waals surface area contributed by atoms with E-state index in [9.17, 15) is 9.59 Å². The summed E-state index contributed by atoms with van der Waals surface area (Å²) >= 11 is 0. The van der Waals surface area contributed by atoms with Crippen LogP contribution in [-0.2, 0) is 16.1 Å². The molecule has 0 spiro atoms. The fourth-order valence-corrected chi connectivity index (χ4v) is 4.31. The van der Waals surface area contributed by atoms with Gasteiger partial charge in [-0.1, -0.05) is 48.5 Å². The second-order valence-corrected chi connectivity index (χ2v) is 8.38. The van der Waals surface area contributed by atoms with Crippen molar-refractivity contribution < 1.29 is 19.1 Å². The van der Waals surface area contributed by atoms with Crippen molar-refractivity contribution in [1.29, 1.82) is 0 Å². The molecule has 33 heavy (non-hydrogen) atoms. The lowest BCUT2D eigenvalue weighted by Gasteiger charge is -2.31. The van der Waals surface area contributed by atoms with Gasteiger partial charge < -0.3 is 19.4 Å². The lowest BCUT2D eigenvalue weighted by Crippen LogP contribution is -2.41. The van der Waals surface area contributed by atoms with Gasteiger partial charge in [0.2, 0.25) is 0 Å². The predicted molar refractivity (Wildman–Crippen MR) is 125 cm³/mol. The summed E-state index contributed by atoms with van der Waals surface area (Å²) in [5.74, 6) is -0.380. The number of amides is 1. The van der Waals surface area contributed by atoms with Gasteiger partial charge in [-0.05, 0) is 30.5 Å². The molecular weight excluding hydrogens is 418 g/mol. The molecule has 2 aromatic carbocycles. The van der Waals surface area contributed by atoms with E-state index in [0.717, 1.165) is 40.2 Å². The molecular formula is C26H25N3O4. The Morgan fingerprint density at radius 3 is 2.70 bits per heavy atom. The normalized spacial score (nSPS) is 16.1. The number of hydrogen-bond donors (Lipinski definition) is 1. The van der Waals surface area contributed by atoms with Gasteiger partial charge in [0.05, 0.1) is 18.3 Å². The number of fused-ring (bicyclic) bond motifs is 3. The maximum absolute atomic E-state index is 12.7. The minimum Gasteiger partial charge on any atom is -0.461 e. The van der Waals surface area contributed by atoms with E-state index >= 15 is 0 Å². The summed E-state index contributed by atoms with van der Waals surface area (Å²) in [5.41, 5.74) is 3.11. The van der Waals surface area contributed by atoms with Gasteiger partial charge in [0.1, 0.15) is 12.3 Å². The number of carbonyl (C=O) groups excluding carboxylic acids is 2. The number of piperidine rings is 1. The molecule has 1 atom stereocenters. The number of hydrogen-bond acceptors (Lipinski definition) is 5. The van der Waals surface area contributed by atoms with Crippen molar-refractivity contribution in [3.63, 3.8) is 0 Å². The Morgan fingerprint density at radius 2 is 1.82 bits per heavy atom. The van der Waals surface area contributed by atoms with E-state index in [-0.39, 0.29) is 30.9 Å². The summed E-state index contributed by atoms with van der Waals surface area (Å²) < 4.78 is 11.0. The van der Waals surface area contributed by atoms with E-state index < -0.39 is 5.97 Å². The van der Waals surface area contributed by atoms with Gasteiger partial charge in [-0.25, -0.2) is 14.6 Å². The SMILES string of the molecule is O=C(OCC1CCCN(C(=O)OCc2ccccc2)C1)c1cc2c(cn1)[nH]c1ccccc12. The van der Waals surface area contributed by atoms with Crippen LogP contribution in [0.15, 0.2) is 66.9 Å². The molecule has 0 aliphatic carbocycles.